The first kappa shape index (κ1) is 14.8. The molecule has 4 nitrogen and oxygen atoms in total. The zero-order valence-electron chi connectivity index (χ0n) is 12.9. The molecule has 3 atom stereocenters. The van der Waals surface area contributed by atoms with E-state index in [0.29, 0.717) is 11.7 Å². The van der Waals surface area contributed by atoms with Gasteiger partial charge >= 0.3 is 0 Å². The number of fused-ring (bicyclic) bond motifs is 1. The first-order valence-electron chi connectivity index (χ1n) is 7.80. The van der Waals surface area contributed by atoms with E-state index in [1.807, 2.05) is 0 Å². The molecular weight excluding hydrogens is 274 g/mol. The van der Waals surface area contributed by atoms with Crippen LogP contribution in [0.1, 0.15) is 40.0 Å². The highest BCUT2D eigenvalue weighted by Gasteiger charge is 2.63. The van der Waals surface area contributed by atoms with Crippen LogP contribution in [0.4, 0.5) is 0 Å². The molecule has 0 spiro atoms. The highest BCUT2D eigenvalue weighted by atomic mass is 32.2. The summed E-state index contributed by atoms with van der Waals surface area (Å²) in [6, 6.07) is 0. The van der Waals surface area contributed by atoms with E-state index in [4.69, 9.17) is 4.74 Å². The molecule has 0 aromatic heterocycles. The Morgan fingerprint density at radius 3 is 2.40 bits per heavy atom. The van der Waals surface area contributed by atoms with Crippen LogP contribution < -0.4 is 0 Å². The summed E-state index contributed by atoms with van der Waals surface area (Å²) < 4.78 is 30.1. The molecule has 116 valence electrons. The van der Waals surface area contributed by atoms with E-state index in [9.17, 15) is 8.42 Å². The second-order valence-electron chi connectivity index (χ2n) is 7.84. The van der Waals surface area contributed by atoms with Crippen LogP contribution in [0.5, 0.6) is 0 Å². The Balaban J connectivity index is 1.83. The van der Waals surface area contributed by atoms with Gasteiger partial charge in [-0.15, -0.1) is 0 Å². The van der Waals surface area contributed by atoms with Gasteiger partial charge in [0, 0.05) is 13.1 Å². The lowest BCUT2D eigenvalue weighted by Gasteiger charge is -2.60. The third kappa shape index (κ3) is 2.22. The molecule has 0 unspecified atom stereocenters. The molecule has 0 radical (unpaired) electrons. The predicted molar refractivity (Wildman–Crippen MR) is 79.5 cm³/mol. The summed E-state index contributed by atoms with van der Waals surface area (Å²) in [6.07, 6.45) is 3.05. The maximum absolute atomic E-state index is 12.3. The van der Waals surface area contributed by atoms with Crippen LogP contribution in [0, 0.1) is 11.3 Å². The molecule has 1 saturated carbocycles. The lowest BCUT2D eigenvalue weighted by atomic mass is 9.66. The maximum atomic E-state index is 12.3. The Kier molecular flexibility index (Phi) is 3.46. The molecule has 0 aromatic rings. The minimum Gasteiger partial charge on any atom is -0.379 e. The maximum Gasteiger partial charge on any atom is 0.156 e. The van der Waals surface area contributed by atoms with Gasteiger partial charge in [0.1, 0.15) is 0 Å². The highest BCUT2D eigenvalue weighted by Crippen LogP contribution is 2.52. The van der Waals surface area contributed by atoms with Crippen LogP contribution in [0.3, 0.4) is 0 Å². The zero-order chi connectivity index (χ0) is 14.6. The number of morpholine rings is 1. The topological polar surface area (TPSA) is 46.6 Å². The van der Waals surface area contributed by atoms with Gasteiger partial charge in [0.15, 0.2) is 9.84 Å². The lowest BCUT2D eigenvalue weighted by molar-refractivity contribution is -0.0464. The summed E-state index contributed by atoms with van der Waals surface area (Å²) in [4.78, 5) is 2.42. The van der Waals surface area contributed by atoms with Gasteiger partial charge < -0.3 is 4.74 Å². The monoisotopic (exact) mass is 301 g/mol. The molecule has 0 amide bonds. The Bertz CT molecular complexity index is 476. The molecule has 2 heterocycles. The second-order valence-corrected chi connectivity index (χ2v) is 10.0. The van der Waals surface area contributed by atoms with Crippen molar-refractivity contribution in [2.75, 3.05) is 32.1 Å². The van der Waals surface area contributed by atoms with Crippen molar-refractivity contribution in [1.29, 1.82) is 0 Å². The van der Waals surface area contributed by atoms with Gasteiger partial charge in [-0.05, 0) is 30.6 Å². The Labute approximate surface area is 122 Å². The van der Waals surface area contributed by atoms with Gasteiger partial charge in [-0.25, -0.2) is 8.42 Å². The van der Waals surface area contributed by atoms with Crippen molar-refractivity contribution in [3.63, 3.8) is 0 Å². The van der Waals surface area contributed by atoms with Gasteiger partial charge in [-0.3, -0.25) is 4.90 Å². The summed E-state index contributed by atoms with van der Waals surface area (Å²) in [5.41, 5.74) is 0.145. The first-order chi connectivity index (χ1) is 9.26. The van der Waals surface area contributed by atoms with E-state index >= 15 is 0 Å². The summed E-state index contributed by atoms with van der Waals surface area (Å²) in [5.74, 6) is 0.901. The van der Waals surface area contributed by atoms with Crippen molar-refractivity contribution in [3.05, 3.63) is 0 Å². The van der Waals surface area contributed by atoms with E-state index in [2.05, 4.69) is 25.7 Å². The normalized spacial score (nSPS) is 41.8. The van der Waals surface area contributed by atoms with Gasteiger partial charge in [-0.1, -0.05) is 20.8 Å². The van der Waals surface area contributed by atoms with Crippen molar-refractivity contribution < 1.29 is 13.2 Å². The van der Waals surface area contributed by atoms with Crippen molar-refractivity contribution in [2.24, 2.45) is 11.3 Å². The van der Waals surface area contributed by atoms with Crippen molar-refractivity contribution in [2.45, 2.75) is 50.8 Å². The smallest absolute Gasteiger partial charge is 0.156 e. The number of ether oxygens (including phenoxy) is 1. The number of sulfone groups is 1. The van der Waals surface area contributed by atoms with E-state index in [1.165, 1.54) is 0 Å². The number of hydrogen-bond donors (Lipinski definition) is 0. The number of nitrogens with zero attached hydrogens (tertiary/aromatic N) is 1. The summed E-state index contributed by atoms with van der Waals surface area (Å²) >= 11 is 0. The Hall–Kier alpha value is -0.130. The van der Waals surface area contributed by atoms with E-state index in [1.54, 1.807) is 0 Å². The largest absolute Gasteiger partial charge is 0.379 e. The van der Waals surface area contributed by atoms with Crippen molar-refractivity contribution >= 4 is 9.84 Å². The highest BCUT2D eigenvalue weighted by molar-refractivity contribution is 7.93. The average molecular weight is 301 g/mol. The van der Waals surface area contributed by atoms with E-state index in [-0.39, 0.29) is 16.2 Å². The predicted octanol–water partition coefficient (Wildman–Crippen LogP) is 1.70. The zero-order valence-corrected chi connectivity index (χ0v) is 13.7. The van der Waals surface area contributed by atoms with Crippen LogP contribution in [-0.4, -0.2) is 56.2 Å². The average Bonchev–Trinajstić information content (AvgIpc) is 2.37. The molecular formula is C15H27NO3S. The van der Waals surface area contributed by atoms with Crippen molar-refractivity contribution in [3.8, 4) is 0 Å². The molecule has 0 aromatic carbocycles. The Morgan fingerprint density at radius 2 is 1.85 bits per heavy atom. The molecule has 3 rings (SSSR count). The molecule has 3 fully saturated rings. The fraction of sp³-hybridized carbons (Fsp3) is 1.00. The number of rotatable bonds is 1. The van der Waals surface area contributed by atoms with Gasteiger partial charge in [0.25, 0.3) is 0 Å². The lowest BCUT2D eigenvalue weighted by Crippen LogP contribution is -2.74. The Morgan fingerprint density at radius 1 is 1.20 bits per heavy atom. The van der Waals surface area contributed by atoms with Crippen LogP contribution >= 0.6 is 0 Å². The minimum absolute atomic E-state index is 0.0651. The molecule has 0 N–H and O–H groups in total. The van der Waals surface area contributed by atoms with Crippen LogP contribution in [0.2, 0.25) is 0 Å². The summed E-state index contributed by atoms with van der Waals surface area (Å²) in [6.45, 7) is 10.0. The van der Waals surface area contributed by atoms with Gasteiger partial charge in [0.05, 0.1) is 29.8 Å². The van der Waals surface area contributed by atoms with Crippen LogP contribution in [-0.2, 0) is 14.6 Å². The molecule has 2 aliphatic heterocycles. The van der Waals surface area contributed by atoms with E-state index in [0.717, 1.165) is 45.6 Å². The summed E-state index contributed by atoms with van der Waals surface area (Å²) in [7, 11) is -2.87. The first-order valence-corrected chi connectivity index (χ1v) is 9.52. The second kappa shape index (κ2) is 4.68. The number of hydrogen-bond acceptors (Lipinski definition) is 4. The third-order valence-electron chi connectivity index (χ3n) is 5.77. The van der Waals surface area contributed by atoms with Crippen molar-refractivity contribution in [1.82, 2.24) is 4.90 Å². The molecule has 2 saturated heterocycles. The third-order valence-corrected chi connectivity index (χ3v) is 8.17. The minimum atomic E-state index is -2.87. The SMILES string of the molecule is CC(C)(C)[C@H]1CC[C@@]2(N3CCOCC3)CS(=O)(=O)[C@H]2C1. The fourth-order valence-corrected chi connectivity index (χ4v) is 7.10. The molecule has 3 aliphatic rings. The van der Waals surface area contributed by atoms with E-state index < -0.39 is 9.84 Å². The molecule has 20 heavy (non-hydrogen) atoms. The van der Waals surface area contributed by atoms with Gasteiger partial charge in [0.2, 0.25) is 0 Å². The van der Waals surface area contributed by atoms with Crippen LogP contribution in [0.15, 0.2) is 0 Å². The molecule has 1 aliphatic carbocycles. The fourth-order valence-electron chi connectivity index (χ4n) is 4.42. The quantitative estimate of drug-likeness (QED) is 0.739. The van der Waals surface area contributed by atoms with Gasteiger partial charge in [-0.2, -0.15) is 0 Å². The van der Waals surface area contributed by atoms with Crippen LogP contribution in [0.25, 0.3) is 0 Å². The molecule has 5 heteroatoms. The summed E-state index contributed by atoms with van der Waals surface area (Å²) in [5, 5.41) is -0.133. The molecule has 0 bridgehead atoms. The standard InChI is InChI=1S/C15H27NO3S/c1-14(2,3)12-4-5-15(16-6-8-19-9-7-16)11-20(17,18)13(15)10-12/h12-13H,4-11H2,1-3H3/t12-,13-,15+/m0/s1.